The summed E-state index contributed by atoms with van der Waals surface area (Å²) >= 11 is 0. The van der Waals surface area contributed by atoms with Crippen molar-refractivity contribution in [1.29, 1.82) is 0 Å². The Morgan fingerprint density at radius 3 is 2.52 bits per heavy atom. The molecule has 2 rings (SSSR count). The van der Waals surface area contributed by atoms with Gasteiger partial charge in [0.05, 0.1) is 12.8 Å². The lowest BCUT2D eigenvalue weighted by molar-refractivity contribution is -0.138. The van der Waals surface area contributed by atoms with E-state index >= 15 is 0 Å². The third-order valence-corrected chi connectivity index (χ3v) is 2.98. The molecule has 0 saturated carbocycles. The molecule has 0 saturated heterocycles. The molecule has 8 heteroatoms. The first-order chi connectivity index (χ1) is 11.0. The van der Waals surface area contributed by atoms with E-state index in [9.17, 15) is 14.4 Å². The van der Waals surface area contributed by atoms with E-state index in [2.05, 4.69) is 10.4 Å². The number of carboxylic acid groups (broad SMARTS) is 1. The number of nitrogens with zero attached hydrogens (tertiary/aromatic N) is 2. The number of ether oxygens (including phenoxy) is 1. The number of methoxy groups -OCH3 is 1. The van der Waals surface area contributed by atoms with Gasteiger partial charge in [-0.05, 0) is 30.3 Å². The van der Waals surface area contributed by atoms with E-state index in [-0.39, 0.29) is 6.54 Å². The molecule has 0 aliphatic carbocycles. The van der Waals surface area contributed by atoms with Crippen LogP contribution in [0.2, 0.25) is 0 Å². The van der Waals surface area contributed by atoms with Gasteiger partial charge in [-0.3, -0.25) is 14.4 Å². The smallest absolute Gasteiger partial charge is 0.322 e. The van der Waals surface area contributed by atoms with Crippen molar-refractivity contribution in [3.63, 3.8) is 0 Å². The number of hydrogen-bond donors (Lipinski definition) is 2. The molecule has 1 amide bonds. The predicted molar refractivity (Wildman–Crippen MR) is 81.1 cm³/mol. The number of benzene rings is 1. The molecule has 0 aliphatic rings. The van der Waals surface area contributed by atoms with Crippen LogP contribution in [-0.2, 0) is 16.1 Å². The quantitative estimate of drug-likeness (QED) is 0.783. The molecular formula is C15H15N3O5. The minimum atomic E-state index is -1.16. The molecule has 8 nitrogen and oxygen atoms in total. The lowest BCUT2D eigenvalue weighted by Gasteiger charge is -2.08. The number of aromatic nitrogens is 2. The van der Waals surface area contributed by atoms with Gasteiger partial charge in [0.1, 0.15) is 18.8 Å². The van der Waals surface area contributed by atoms with E-state index in [1.807, 2.05) is 0 Å². The van der Waals surface area contributed by atoms with Crippen LogP contribution in [0.3, 0.4) is 0 Å². The minimum absolute atomic E-state index is 0.351. The number of nitrogens with one attached hydrogen (secondary N) is 1. The third kappa shape index (κ3) is 4.40. The van der Waals surface area contributed by atoms with Gasteiger partial charge in [0.25, 0.3) is 5.56 Å². The fourth-order valence-electron chi connectivity index (χ4n) is 1.84. The number of carbonyl (C=O) groups is 2. The SMILES string of the molecule is COc1ccc(-c2ccc(=O)n(CC(=O)NCC(=O)O)n2)cc1. The average molecular weight is 317 g/mol. The first-order valence-corrected chi connectivity index (χ1v) is 6.70. The maximum atomic E-state index is 11.8. The van der Waals surface area contributed by atoms with E-state index in [1.165, 1.54) is 6.07 Å². The van der Waals surface area contributed by atoms with Crippen LogP contribution >= 0.6 is 0 Å². The van der Waals surface area contributed by atoms with Crippen molar-refractivity contribution in [2.24, 2.45) is 0 Å². The van der Waals surface area contributed by atoms with Crippen LogP contribution in [0.15, 0.2) is 41.2 Å². The molecule has 1 heterocycles. The highest BCUT2D eigenvalue weighted by molar-refractivity contribution is 5.80. The van der Waals surface area contributed by atoms with Gasteiger partial charge in [0, 0.05) is 11.6 Å². The summed E-state index contributed by atoms with van der Waals surface area (Å²) in [6.07, 6.45) is 0. The molecule has 0 fully saturated rings. The van der Waals surface area contributed by atoms with Crippen LogP contribution in [0.1, 0.15) is 0 Å². The molecule has 120 valence electrons. The zero-order valence-electron chi connectivity index (χ0n) is 12.4. The van der Waals surface area contributed by atoms with Crippen molar-refractivity contribution in [1.82, 2.24) is 15.1 Å². The Morgan fingerprint density at radius 1 is 1.22 bits per heavy atom. The maximum Gasteiger partial charge on any atom is 0.322 e. The minimum Gasteiger partial charge on any atom is -0.497 e. The first kappa shape index (κ1) is 16.2. The van der Waals surface area contributed by atoms with Gasteiger partial charge in [0.2, 0.25) is 5.91 Å². The normalized spacial score (nSPS) is 10.1. The summed E-state index contributed by atoms with van der Waals surface area (Å²) < 4.78 is 6.05. The van der Waals surface area contributed by atoms with Gasteiger partial charge in [-0.15, -0.1) is 0 Å². The Morgan fingerprint density at radius 2 is 1.91 bits per heavy atom. The second-order valence-corrected chi connectivity index (χ2v) is 4.61. The van der Waals surface area contributed by atoms with Crippen molar-refractivity contribution in [2.45, 2.75) is 6.54 Å². The number of amides is 1. The van der Waals surface area contributed by atoms with Crippen LogP contribution in [-0.4, -0.2) is 40.4 Å². The molecule has 0 atom stereocenters. The molecule has 0 bridgehead atoms. The summed E-state index contributed by atoms with van der Waals surface area (Å²) in [6, 6.07) is 9.92. The highest BCUT2D eigenvalue weighted by Gasteiger charge is 2.09. The van der Waals surface area contributed by atoms with E-state index in [1.54, 1.807) is 37.4 Å². The molecule has 1 aromatic carbocycles. The predicted octanol–water partition coefficient (Wildman–Crippen LogP) is 0.120. The van der Waals surface area contributed by atoms with Gasteiger partial charge < -0.3 is 15.2 Å². The number of rotatable bonds is 6. The van der Waals surface area contributed by atoms with Gasteiger partial charge in [-0.25, -0.2) is 4.68 Å². The van der Waals surface area contributed by atoms with Gasteiger partial charge in [-0.2, -0.15) is 5.10 Å². The average Bonchev–Trinajstić information content (AvgIpc) is 2.55. The summed E-state index contributed by atoms with van der Waals surface area (Å²) in [5, 5.41) is 14.8. The second-order valence-electron chi connectivity index (χ2n) is 4.61. The van der Waals surface area contributed by atoms with Crippen molar-refractivity contribution in [2.75, 3.05) is 13.7 Å². The first-order valence-electron chi connectivity index (χ1n) is 6.70. The van der Waals surface area contributed by atoms with Crippen molar-refractivity contribution >= 4 is 11.9 Å². The lowest BCUT2D eigenvalue weighted by Crippen LogP contribution is -2.36. The van der Waals surface area contributed by atoms with Crippen molar-refractivity contribution in [3.8, 4) is 17.0 Å². The van der Waals surface area contributed by atoms with E-state index in [0.29, 0.717) is 11.4 Å². The molecule has 0 radical (unpaired) electrons. The highest BCUT2D eigenvalue weighted by Crippen LogP contribution is 2.19. The standard InChI is InChI=1S/C15H15N3O5/c1-23-11-4-2-10(3-5-11)12-6-7-14(20)18(17-12)9-13(19)16-8-15(21)22/h2-7H,8-9H2,1H3,(H,16,19)(H,21,22). The van der Waals surface area contributed by atoms with Gasteiger partial charge >= 0.3 is 5.97 Å². The Kier molecular flexibility index (Phi) is 5.08. The van der Waals surface area contributed by atoms with Crippen LogP contribution in [0, 0.1) is 0 Å². The Balaban J connectivity index is 2.19. The second kappa shape index (κ2) is 7.21. The van der Waals surface area contributed by atoms with Crippen LogP contribution < -0.4 is 15.6 Å². The molecule has 0 aliphatic heterocycles. The topological polar surface area (TPSA) is 111 Å². The Hall–Kier alpha value is -3.16. The van der Waals surface area contributed by atoms with Gasteiger partial charge in [0.15, 0.2) is 0 Å². The van der Waals surface area contributed by atoms with Crippen LogP contribution in [0.4, 0.5) is 0 Å². The van der Waals surface area contributed by atoms with Crippen molar-refractivity contribution in [3.05, 3.63) is 46.8 Å². The van der Waals surface area contributed by atoms with Crippen LogP contribution in [0.5, 0.6) is 5.75 Å². The molecule has 2 N–H and O–H groups in total. The summed E-state index contributed by atoms with van der Waals surface area (Å²) in [5.41, 5.74) is 0.816. The number of carbonyl (C=O) groups excluding carboxylic acids is 1. The lowest BCUT2D eigenvalue weighted by atomic mass is 10.1. The van der Waals surface area contributed by atoms with Gasteiger partial charge in [-0.1, -0.05) is 0 Å². The zero-order chi connectivity index (χ0) is 16.8. The summed E-state index contributed by atoms with van der Waals surface area (Å²) in [4.78, 5) is 33.8. The summed E-state index contributed by atoms with van der Waals surface area (Å²) in [5.74, 6) is -1.07. The van der Waals surface area contributed by atoms with E-state index < -0.39 is 24.0 Å². The highest BCUT2D eigenvalue weighted by atomic mass is 16.5. The monoisotopic (exact) mass is 317 g/mol. The molecular weight excluding hydrogens is 302 g/mol. The fraction of sp³-hybridized carbons (Fsp3) is 0.200. The van der Waals surface area contributed by atoms with E-state index in [0.717, 1.165) is 10.2 Å². The molecule has 0 spiro atoms. The maximum absolute atomic E-state index is 11.8. The molecule has 0 unspecified atom stereocenters. The molecule has 23 heavy (non-hydrogen) atoms. The molecule has 1 aromatic heterocycles. The number of carboxylic acids is 1. The Labute approximate surface area is 131 Å². The number of hydrogen-bond acceptors (Lipinski definition) is 5. The molecule has 2 aromatic rings. The zero-order valence-corrected chi connectivity index (χ0v) is 12.4. The largest absolute Gasteiger partial charge is 0.497 e. The van der Waals surface area contributed by atoms with Crippen LogP contribution in [0.25, 0.3) is 11.3 Å². The van der Waals surface area contributed by atoms with E-state index in [4.69, 9.17) is 9.84 Å². The Bertz CT molecular complexity index is 767. The number of aliphatic carboxylic acids is 1. The van der Waals surface area contributed by atoms with Crippen molar-refractivity contribution < 1.29 is 19.4 Å². The summed E-state index contributed by atoms with van der Waals surface area (Å²) in [7, 11) is 1.56. The third-order valence-electron chi connectivity index (χ3n) is 2.98. The summed E-state index contributed by atoms with van der Waals surface area (Å²) in [6.45, 7) is -0.859. The fourth-order valence-corrected chi connectivity index (χ4v) is 1.84.